The van der Waals surface area contributed by atoms with Gasteiger partial charge in [-0.05, 0) is 25.0 Å². The first-order chi connectivity index (χ1) is 10.4. The van der Waals surface area contributed by atoms with Crippen molar-refractivity contribution >= 4 is 11.9 Å². The number of ether oxygens (including phenoxy) is 1. The molecule has 0 aliphatic carbocycles. The Morgan fingerprint density at radius 2 is 1.95 bits per heavy atom. The molecule has 0 unspecified atom stereocenters. The van der Waals surface area contributed by atoms with E-state index in [9.17, 15) is 4.79 Å². The Morgan fingerprint density at radius 3 is 2.59 bits per heavy atom. The predicted molar refractivity (Wildman–Crippen MR) is 85.5 cm³/mol. The third-order valence-corrected chi connectivity index (χ3v) is 3.07. The minimum absolute atomic E-state index is 0.0937. The number of aryl methyl sites for hydroxylation is 1. The van der Waals surface area contributed by atoms with Crippen LogP contribution in [0.5, 0.6) is 5.75 Å². The lowest BCUT2D eigenvalue weighted by atomic mass is 10.0. The number of carbonyl (C=O) groups excluding carboxylic acids is 1. The maximum atomic E-state index is 11.8. The first-order valence-corrected chi connectivity index (χ1v) is 7.06. The number of nitrogen functional groups attached to an aromatic ring is 1. The average Bonchev–Trinajstić information content (AvgIpc) is 2.44. The summed E-state index contributed by atoms with van der Waals surface area (Å²) in [6.45, 7) is 6.36. The summed E-state index contributed by atoms with van der Waals surface area (Å²) in [5.74, 6) is 0.513. The molecular weight excluding hydrogens is 280 g/mol. The highest BCUT2D eigenvalue weighted by molar-refractivity contribution is 6.00. The minimum Gasteiger partial charge on any atom is -0.493 e. The van der Waals surface area contributed by atoms with Crippen molar-refractivity contribution in [2.24, 2.45) is 11.7 Å². The van der Waals surface area contributed by atoms with Crippen molar-refractivity contribution in [2.45, 2.75) is 20.8 Å². The molecule has 2 rings (SSSR count). The molecule has 1 heterocycles. The summed E-state index contributed by atoms with van der Waals surface area (Å²) in [6, 6.07) is 7.36. The van der Waals surface area contributed by atoms with E-state index >= 15 is 0 Å². The highest BCUT2D eigenvalue weighted by Gasteiger charge is 2.20. The van der Waals surface area contributed by atoms with Crippen molar-refractivity contribution < 1.29 is 9.53 Å². The summed E-state index contributed by atoms with van der Waals surface area (Å²) in [7, 11) is 0. The number of primary amides is 1. The highest BCUT2D eigenvalue weighted by atomic mass is 16.5. The van der Waals surface area contributed by atoms with E-state index in [2.05, 4.69) is 23.8 Å². The van der Waals surface area contributed by atoms with Crippen LogP contribution in [0.1, 0.15) is 29.9 Å². The van der Waals surface area contributed by atoms with Gasteiger partial charge < -0.3 is 16.2 Å². The molecule has 1 amide bonds. The van der Waals surface area contributed by atoms with Gasteiger partial charge in [0.25, 0.3) is 5.91 Å². The summed E-state index contributed by atoms with van der Waals surface area (Å²) in [5, 5.41) is 0. The lowest BCUT2D eigenvalue weighted by Gasteiger charge is -2.15. The lowest BCUT2D eigenvalue weighted by molar-refractivity contribution is 0.0999. The molecule has 0 aliphatic rings. The SMILES string of the molecule is Cc1nc(N)nc(-c2ccccc2OCC(C)C)c1C(N)=O. The van der Waals surface area contributed by atoms with Crippen LogP contribution in [0, 0.1) is 12.8 Å². The molecular formula is C16H20N4O2. The van der Waals surface area contributed by atoms with Crippen LogP contribution < -0.4 is 16.2 Å². The Labute approximate surface area is 129 Å². The van der Waals surface area contributed by atoms with Gasteiger partial charge in [-0.1, -0.05) is 26.0 Å². The van der Waals surface area contributed by atoms with Crippen LogP contribution in [0.2, 0.25) is 0 Å². The maximum absolute atomic E-state index is 11.8. The number of aromatic nitrogens is 2. The summed E-state index contributed by atoms with van der Waals surface area (Å²) in [4.78, 5) is 20.0. The standard InChI is InChI=1S/C16H20N4O2/c1-9(2)8-22-12-7-5-4-6-11(12)14-13(15(17)21)10(3)19-16(18)20-14/h4-7,9H,8H2,1-3H3,(H2,17,21)(H2,18,19,20). The van der Waals surface area contributed by atoms with Gasteiger partial charge in [0.1, 0.15) is 5.75 Å². The van der Waals surface area contributed by atoms with E-state index in [1.54, 1.807) is 6.92 Å². The minimum atomic E-state index is -0.592. The number of amides is 1. The fourth-order valence-corrected chi connectivity index (χ4v) is 2.13. The van der Waals surface area contributed by atoms with Crippen LogP contribution in [0.3, 0.4) is 0 Å². The van der Waals surface area contributed by atoms with Crippen LogP contribution in [0.4, 0.5) is 5.95 Å². The molecule has 0 aliphatic heterocycles. The zero-order valence-electron chi connectivity index (χ0n) is 13.0. The van der Waals surface area contributed by atoms with Gasteiger partial charge in [0.05, 0.1) is 23.6 Å². The smallest absolute Gasteiger partial charge is 0.252 e. The van der Waals surface area contributed by atoms with Crippen molar-refractivity contribution in [3.8, 4) is 17.0 Å². The van der Waals surface area contributed by atoms with Crippen LogP contribution in [0.15, 0.2) is 24.3 Å². The molecule has 4 N–H and O–H groups in total. The van der Waals surface area contributed by atoms with Crippen LogP contribution in [-0.4, -0.2) is 22.5 Å². The highest BCUT2D eigenvalue weighted by Crippen LogP contribution is 2.32. The van der Waals surface area contributed by atoms with E-state index in [0.29, 0.717) is 35.2 Å². The van der Waals surface area contributed by atoms with Crippen molar-refractivity contribution in [1.82, 2.24) is 9.97 Å². The number of hydrogen-bond acceptors (Lipinski definition) is 5. The largest absolute Gasteiger partial charge is 0.493 e. The summed E-state index contributed by atoms with van der Waals surface area (Å²) < 4.78 is 5.81. The topological polar surface area (TPSA) is 104 Å². The molecule has 0 radical (unpaired) electrons. The number of hydrogen-bond donors (Lipinski definition) is 2. The van der Waals surface area contributed by atoms with E-state index in [1.807, 2.05) is 24.3 Å². The van der Waals surface area contributed by atoms with Crippen LogP contribution in [0.25, 0.3) is 11.3 Å². The molecule has 0 bridgehead atoms. The van der Waals surface area contributed by atoms with Crippen LogP contribution >= 0.6 is 0 Å². The Morgan fingerprint density at radius 1 is 1.27 bits per heavy atom. The van der Waals surface area contributed by atoms with E-state index in [1.165, 1.54) is 0 Å². The second-order valence-electron chi connectivity index (χ2n) is 5.46. The number of carbonyl (C=O) groups is 1. The van der Waals surface area contributed by atoms with E-state index in [4.69, 9.17) is 16.2 Å². The fraction of sp³-hybridized carbons (Fsp3) is 0.312. The maximum Gasteiger partial charge on any atom is 0.252 e. The third kappa shape index (κ3) is 3.33. The molecule has 116 valence electrons. The van der Waals surface area contributed by atoms with Gasteiger partial charge in [-0.25, -0.2) is 9.97 Å². The van der Waals surface area contributed by atoms with E-state index in [-0.39, 0.29) is 11.5 Å². The molecule has 6 nitrogen and oxygen atoms in total. The summed E-state index contributed by atoms with van der Waals surface area (Å²) in [5.41, 5.74) is 13.0. The molecule has 0 saturated carbocycles. The molecule has 0 fully saturated rings. The zero-order chi connectivity index (χ0) is 16.3. The molecule has 1 aromatic carbocycles. The Hall–Kier alpha value is -2.63. The van der Waals surface area contributed by atoms with Gasteiger partial charge in [0.2, 0.25) is 5.95 Å². The number of nitrogens with two attached hydrogens (primary N) is 2. The van der Waals surface area contributed by atoms with Gasteiger partial charge in [0, 0.05) is 5.56 Å². The van der Waals surface area contributed by atoms with Gasteiger partial charge in [0.15, 0.2) is 0 Å². The van der Waals surface area contributed by atoms with Gasteiger partial charge in [-0.15, -0.1) is 0 Å². The molecule has 1 aromatic heterocycles. The quantitative estimate of drug-likeness (QED) is 0.880. The Bertz CT molecular complexity index is 699. The van der Waals surface area contributed by atoms with Crippen molar-refractivity contribution in [3.05, 3.63) is 35.5 Å². The molecule has 0 spiro atoms. The number of rotatable bonds is 5. The third-order valence-electron chi connectivity index (χ3n) is 3.07. The molecule has 6 heteroatoms. The number of para-hydroxylation sites is 1. The first kappa shape index (κ1) is 15.8. The Balaban J connectivity index is 2.59. The van der Waals surface area contributed by atoms with E-state index in [0.717, 1.165) is 0 Å². The van der Waals surface area contributed by atoms with Crippen LogP contribution in [-0.2, 0) is 0 Å². The fourth-order valence-electron chi connectivity index (χ4n) is 2.13. The van der Waals surface area contributed by atoms with E-state index < -0.39 is 5.91 Å². The average molecular weight is 300 g/mol. The van der Waals surface area contributed by atoms with Gasteiger partial charge >= 0.3 is 0 Å². The van der Waals surface area contributed by atoms with Crippen molar-refractivity contribution in [2.75, 3.05) is 12.3 Å². The second-order valence-corrected chi connectivity index (χ2v) is 5.46. The second kappa shape index (κ2) is 6.43. The Kier molecular flexibility index (Phi) is 4.60. The number of benzene rings is 1. The first-order valence-electron chi connectivity index (χ1n) is 7.06. The summed E-state index contributed by atoms with van der Waals surface area (Å²) >= 11 is 0. The normalized spacial score (nSPS) is 10.7. The number of anilines is 1. The van der Waals surface area contributed by atoms with Crippen molar-refractivity contribution in [3.63, 3.8) is 0 Å². The molecule has 22 heavy (non-hydrogen) atoms. The number of nitrogens with zero attached hydrogens (tertiary/aromatic N) is 2. The monoisotopic (exact) mass is 300 g/mol. The predicted octanol–water partition coefficient (Wildman–Crippen LogP) is 2.17. The molecule has 2 aromatic rings. The summed E-state index contributed by atoms with van der Waals surface area (Å²) in [6.07, 6.45) is 0. The molecule has 0 saturated heterocycles. The zero-order valence-corrected chi connectivity index (χ0v) is 13.0. The van der Waals surface area contributed by atoms with Gasteiger partial charge in [-0.3, -0.25) is 4.79 Å². The van der Waals surface area contributed by atoms with Gasteiger partial charge in [-0.2, -0.15) is 0 Å². The lowest BCUT2D eigenvalue weighted by Crippen LogP contribution is -2.17. The van der Waals surface area contributed by atoms with Crippen molar-refractivity contribution in [1.29, 1.82) is 0 Å². The molecule has 0 atom stereocenters.